The fourth-order valence-electron chi connectivity index (χ4n) is 2.09. The lowest BCUT2D eigenvalue weighted by atomic mass is 9.89. The number of carbonyl (C=O) groups is 2. The van der Waals surface area contributed by atoms with Crippen molar-refractivity contribution in [3.05, 3.63) is 0 Å². The molecule has 0 saturated heterocycles. The van der Waals surface area contributed by atoms with Gasteiger partial charge in [-0.15, -0.1) is 0 Å². The van der Waals surface area contributed by atoms with Crippen LogP contribution in [0.15, 0.2) is 0 Å². The molecule has 1 rings (SSSR count). The molecule has 0 aromatic carbocycles. The van der Waals surface area contributed by atoms with E-state index in [4.69, 9.17) is 10.2 Å². The summed E-state index contributed by atoms with van der Waals surface area (Å²) in [6, 6.07) is -1.79. The molecular weight excluding hydrogens is 224 g/mol. The Morgan fingerprint density at radius 1 is 1.35 bits per heavy atom. The average Bonchev–Trinajstić information content (AvgIpc) is 2.70. The first kappa shape index (κ1) is 13.8. The predicted octanol–water partition coefficient (Wildman–Crippen LogP) is 0.311. The predicted molar refractivity (Wildman–Crippen MR) is 61.6 cm³/mol. The second-order valence-electron chi connectivity index (χ2n) is 4.92. The Labute approximate surface area is 100 Å². The molecule has 0 spiro atoms. The van der Waals surface area contributed by atoms with E-state index in [0.29, 0.717) is 6.54 Å². The summed E-state index contributed by atoms with van der Waals surface area (Å²) in [6.07, 6.45) is 4.51. The molecule has 17 heavy (non-hydrogen) atoms. The van der Waals surface area contributed by atoms with Crippen LogP contribution in [0.25, 0.3) is 0 Å². The summed E-state index contributed by atoms with van der Waals surface area (Å²) >= 11 is 0. The van der Waals surface area contributed by atoms with Crippen LogP contribution in [-0.4, -0.2) is 41.4 Å². The molecule has 0 aromatic rings. The van der Waals surface area contributed by atoms with Crippen LogP contribution >= 0.6 is 0 Å². The maximum absolute atomic E-state index is 11.4. The molecule has 1 aliphatic rings. The van der Waals surface area contributed by atoms with E-state index in [-0.39, 0.29) is 5.41 Å². The lowest BCUT2D eigenvalue weighted by molar-refractivity contribution is -0.140. The Bertz CT molecular complexity index is 287. The van der Waals surface area contributed by atoms with Gasteiger partial charge in [-0.05, 0) is 18.3 Å². The summed E-state index contributed by atoms with van der Waals surface area (Å²) in [7, 11) is 0. The minimum absolute atomic E-state index is 0.120. The number of carbonyl (C=O) groups excluding carboxylic acids is 1. The third kappa shape index (κ3) is 4.22. The van der Waals surface area contributed by atoms with Gasteiger partial charge in [0.15, 0.2) is 6.04 Å². The number of rotatable bonds is 5. The number of aliphatic carboxylic acids is 1. The van der Waals surface area contributed by atoms with E-state index >= 15 is 0 Å². The Morgan fingerprint density at radius 2 is 1.94 bits per heavy atom. The number of carboxylic acids is 1. The minimum atomic E-state index is -1.24. The molecule has 0 radical (unpaired) electrons. The van der Waals surface area contributed by atoms with Crippen LogP contribution in [0.2, 0.25) is 0 Å². The molecule has 0 aromatic heterocycles. The van der Waals surface area contributed by atoms with Gasteiger partial charge in [-0.3, -0.25) is 0 Å². The quantitative estimate of drug-likeness (QED) is 0.559. The maximum Gasteiger partial charge on any atom is 0.328 e. The van der Waals surface area contributed by atoms with Crippen LogP contribution in [-0.2, 0) is 4.79 Å². The Balaban J connectivity index is 2.31. The highest BCUT2D eigenvalue weighted by atomic mass is 16.4. The summed E-state index contributed by atoms with van der Waals surface area (Å²) in [6.45, 7) is 2.04. The molecule has 98 valence electrons. The maximum atomic E-state index is 11.4. The third-order valence-electron chi connectivity index (χ3n) is 3.27. The first-order chi connectivity index (χ1) is 7.97. The third-order valence-corrected chi connectivity index (χ3v) is 3.27. The van der Waals surface area contributed by atoms with Gasteiger partial charge in [-0.1, -0.05) is 19.8 Å². The molecule has 6 heteroatoms. The number of hydrogen-bond donors (Lipinski definition) is 4. The number of hydrogen-bond acceptors (Lipinski definition) is 3. The van der Waals surface area contributed by atoms with Gasteiger partial charge in [0.05, 0.1) is 6.61 Å². The van der Waals surface area contributed by atoms with Gasteiger partial charge in [-0.2, -0.15) is 0 Å². The van der Waals surface area contributed by atoms with Crippen LogP contribution in [0.4, 0.5) is 4.79 Å². The largest absolute Gasteiger partial charge is 0.480 e. The molecule has 4 N–H and O–H groups in total. The lowest BCUT2D eigenvalue weighted by Crippen LogP contribution is -2.49. The molecule has 1 saturated carbocycles. The first-order valence-electron chi connectivity index (χ1n) is 5.85. The van der Waals surface area contributed by atoms with Crippen molar-refractivity contribution in [1.82, 2.24) is 10.6 Å². The zero-order valence-electron chi connectivity index (χ0n) is 10.0. The van der Waals surface area contributed by atoms with Gasteiger partial charge < -0.3 is 20.8 Å². The smallest absolute Gasteiger partial charge is 0.328 e. The summed E-state index contributed by atoms with van der Waals surface area (Å²) in [5.74, 6) is -1.24. The molecule has 2 amide bonds. The monoisotopic (exact) mass is 244 g/mol. The topological polar surface area (TPSA) is 98.7 Å². The lowest BCUT2D eigenvalue weighted by Gasteiger charge is -2.24. The fraction of sp³-hybridized carbons (Fsp3) is 0.818. The van der Waals surface area contributed by atoms with Crippen LogP contribution in [0.3, 0.4) is 0 Å². The van der Waals surface area contributed by atoms with Gasteiger partial charge in [0.2, 0.25) is 0 Å². The van der Waals surface area contributed by atoms with Crippen molar-refractivity contribution in [2.75, 3.05) is 13.2 Å². The zero-order chi connectivity index (χ0) is 12.9. The number of amides is 2. The summed E-state index contributed by atoms with van der Waals surface area (Å²) < 4.78 is 0. The van der Waals surface area contributed by atoms with Crippen molar-refractivity contribution >= 4 is 12.0 Å². The normalized spacial score (nSPS) is 19.6. The highest BCUT2D eigenvalue weighted by Gasteiger charge is 2.29. The highest BCUT2D eigenvalue weighted by molar-refractivity contribution is 5.82. The molecule has 1 fully saturated rings. The number of aliphatic hydroxyl groups excluding tert-OH is 1. The van der Waals surface area contributed by atoms with Crippen molar-refractivity contribution in [1.29, 1.82) is 0 Å². The molecule has 0 bridgehead atoms. The van der Waals surface area contributed by atoms with Crippen LogP contribution in [0.5, 0.6) is 0 Å². The highest BCUT2D eigenvalue weighted by Crippen LogP contribution is 2.36. The standard InChI is InChI=1S/C11H20N2O4/c1-11(4-2-3-5-11)7-12-10(17)13-8(6-14)9(15)16/h8,14H,2-7H2,1H3,(H,15,16)(H2,12,13,17)/t8-/m0/s1. The number of nitrogens with one attached hydrogen (secondary N) is 2. The van der Waals surface area contributed by atoms with Crippen molar-refractivity contribution < 1.29 is 19.8 Å². The van der Waals surface area contributed by atoms with E-state index in [2.05, 4.69) is 17.6 Å². The van der Waals surface area contributed by atoms with E-state index in [9.17, 15) is 9.59 Å². The van der Waals surface area contributed by atoms with Gasteiger partial charge in [0.1, 0.15) is 0 Å². The van der Waals surface area contributed by atoms with Gasteiger partial charge in [-0.25, -0.2) is 9.59 Å². The van der Waals surface area contributed by atoms with Crippen LogP contribution in [0, 0.1) is 5.41 Å². The fourth-order valence-corrected chi connectivity index (χ4v) is 2.09. The van der Waals surface area contributed by atoms with E-state index in [1.165, 1.54) is 12.8 Å². The van der Waals surface area contributed by atoms with E-state index in [1.54, 1.807) is 0 Å². The molecule has 1 aliphatic carbocycles. The summed E-state index contributed by atoms with van der Waals surface area (Å²) in [5.41, 5.74) is 0.120. The average molecular weight is 244 g/mol. The molecule has 0 heterocycles. The Kier molecular flexibility index (Phi) is 4.74. The van der Waals surface area contributed by atoms with Crippen molar-refractivity contribution in [2.45, 2.75) is 38.6 Å². The van der Waals surface area contributed by atoms with Gasteiger partial charge >= 0.3 is 12.0 Å². The molecule has 0 aliphatic heterocycles. The molecule has 0 unspecified atom stereocenters. The second kappa shape index (κ2) is 5.86. The molecule has 6 nitrogen and oxygen atoms in total. The van der Waals surface area contributed by atoms with E-state index in [0.717, 1.165) is 12.8 Å². The van der Waals surface area contributed by atoms with Crippen LogP contribution in [0.1, 0.15) is 32.6 Å². The van der Waals surface area contributed by atoms with Crippen molar-refractivity contribution in [3.63, 3.8) is 0 Å². The Morgan fingerprint density at radius 3 is 2.41 bits per heavy atom. The first-order valence-corrected chi connectivity index (χ1v) is 5.85. The van der Waals surface area contributed by atoms with Gasteiger partial charge in [0, 0.05) is 6.54 Å². The minimum Gasteiger partial charge on any atom is -0.480 e. The second-order valence-corrected chi connectivity index (χ2v) is 4.92. The van der Waals surface area contributed by atoms with E-state index in [1.807, 2.05) is 0 Å². The zero-order valence-corrected chi connectivity index (χ0v) is 10.0. The summed E-state index contributed by atoms with van der Waals surface area (Å²) in [4.78, 5) is 22.0. The number of carboxylic acid groups (broad SMARTS) is 1. The SMILES string of the molecule is CC1(CNC(=O)N[C@@H](CO)C(=O)O)CCCC1. The van der Waals surface area contributed by atoms with Gasteiger partial charge in [0.25, 0.3) is 0 Å². The number of aliphatic hydroxyl groups is 1. The van der Waals surface area contributed by atoms with Crippen molar-refractivity contribution in [3.8, 4) is 0 Å². The van der Waals surface area contributed by atoms with Crippen LogP contribution < -0.4 is 10.6 Å². The Hall–Kier alpha value is -1.30. The van der Waals surface area contributed by atoms with E-state index < -0.39 is 24.6 Å². The number of urea groups is 1. The molecular formula is C11H20N2O4. The summed E-state index contributed by atoms with van der Waals surface area (Å²) in [5, 5.41) is 22.3. The molecule has 1 atom stereocenters. The van der Waals surface area contributed by atoms with Crippen molar-refractivity contribution in [2.24, 2.45) is 5.41 Å².